The molecule has 0 aliphatic heterocycles. The lowest BCUT2D eigenvalue weighted by molar-refractivity contribution is 0.0693. The van der Waals surface area contributed by atoms with Crippen molar-refractivity contribution in [3.63, 3.8) is 0 Å². The Balaban J connectivity index is 3.54. The van der Waals surface area contributed by atoms with Gasteiger partial charge in [0.2, 0.25) is 0 Å². The molecule has 0 unspecified atom stereocenters. The van der Waals surface area contributed by atoms with Crippen molar-refractivity contribution < 1.29 is 28.3 Å². The van der Waals surface area contributed by atoms with E-state index in [4.69, 9.17) is 14.0 Å². The minimum absolute atomic E-state index is 0.00937. The predicted octanol–water partition coefficient (Wildman–Crippen LogP) is -0.523. The van der Waals surface area contributed by atoms with Gasteiger partial charge >= 0.3 is 37.4 Å². The van der Waals surface area contributed by atoms with Gasteiger partial charge in [-0.05, 0) is 0 Å². The molecule has 0 aliphatic rings. The first kappa shape index (κ1) is 12.6. The maximum absolute atomic E-state index is 10.8. The number of carboxylic acid groups (broad SMARTS) is 1. The van der Waals surface area contributed by atoms with Gasteiger partial charge in [-0.3, -0.25) is 0 Å². The molecular formula is C7H3O6Si3. The van der Waals surface area contributed by atoms with Crippen LogP contribution in [-0.4, -0.2) is 47.6 Å². The molecule has 0 spiro atoms. The molecule has 79 valence electrons. The fourth-order valence-corrected chi connectivity index (χ4v) is 1.57. The lowest BCUT2D eigenvalue weighted by Crippen LogP contribution is -2.03. The van der Waals surface area contributed by atoms with Crippen LogP contribution in [0.4, 0.5) is 0 Å². The van der Waals surface area contributed by atoms with Gasteiger partial charge < -0.3 is 23.5 Å². The largest absolute Gasteiger partial charge is 0.538 e. The minimum Gasteiger partial charge on any atom is -0.538 e. The van der Waals surface area contributed by atoms with Crippen molar-refractivity contribution in [2.24, 2.45) is 0 Å². The third-order valence-corrected chi connectivity index (χ3v) is 2.35. The highest BCUT2D eigenvalue weighted by Gasteiger charge is 2.22. The standard InChI is InChI=1S/C7H3O6Si3/c8-4-2(7(9)10)1-3(11-14)5(12-15)6(4)13-16/h1,8H,(H,9,10). The number of phenols is 1. The topological polar surface area (TPSA) is 85.2 Å². The highest BCUT2D eigenvalue weighted by molar-refractivity contribution is 6.05. The van der Waals surface area contributed by atoms with Gasteiger partial charge in [0.1, 0.15) is 11.3 Å². The van der Waals surface area contributed by atoms with Crippen LogP contribution in [0.3, 0.4) is 0 Å². The van der Waals surface area contributed by atoms with Crippen molar-refractivity contribution >= 4 is 37.4 Å². The van der Waals surface area contributed by atoms with Crippen LogP contribution in [0.25, 0.3) is 0 Å². The fourth-order valence-electron chi connectivity index (χ4n) is 1.04. The highest BCUT2D eigenvalue weighted by Crippen LogP contribution is 2.45. The van der Waals surface area contributed by atoms with Crippen molar-refractivity contribution in [1.29, 1.82) is 0 Å². The van der Waals surface area contributed by atoms with E-state index in [0.29, 0.717) is 0 Å². The van der Waals surface area contributed by atoms with Crippen LogP contribution < -0.4 is 13.3 Å². The van der Waals surface area contributed by atoms with Gasteiger partial charge in [-0.15, -0.1) is 0 Å². The molecule has 0 fully saturated rings. The van der Waals surface area contributed by atoms with E-state index in [-0.39, 0.29) is 17.2 Å². The summed E-state index contributed by atoms with van der Waals surface area (Å²) in [5.74, 6) is -2.20. The molecule has 9 heteroatoms. The molecule has 16 heavy (non-hydrogen) atoms. The summed E-state index contributed by atoms with van der Waals surface area (Å²) in [7, 11) is 8.12. The average molecular weight is 267 g/mol. The minimum atomic E-state index is -1.34. The van der Waals surface area contributed by atoms with Crippen molar-refractivity contribution in [3.8, 4) is 23.0 Å². The van der Waals surface area contributed by atoms with E-state index in [1.165, 1.54) is 0 Å². The molecule has 0 aromatic heterocycles. The van der Waals surface area contributed by atoms with Gasteiger partial charge in [-0.1, -0.05) is 0 Å². The van der Waals surface area contributed by atoms with E-state index < -0.39 is 17.3 Å². The molecule has 0 bridgehead atoms. The average Bonchev–Trinajstić information content (AvgIpc) is 2.27. The Morgan fingerprint density at radius 1 is 1.12 bits per heavy atom. The summed E-state index contributed by atoms with van der Waals surface area (Å²) in [5.41, 5.74) is -0.394. The Bertz CT molecular complexity index is 421. The van der Waals surface area contributed by atoms with Gasteiger partial charge in [0.05, 0.1) is 0 Å². The molecule has 1 aromatic rings. The molecule has 0 amide bonds. The maximum Gasteiger partial charge on any atom is 0.341 e. The third-order valence-electron chi connectivity index (χ3n) is 1.72. The number of benzene rings is 1. The van der Waals surface area contributed by atoms with E-state index in [1.54, 1.807) is 0 Å². The Morgan fingerprint density at radius 3 is 2.06 bits per heavy atom. The monoisotopic (exact) mass is 267 g/mol. The van der Waals surface area contributed by atoms with Crippen LogP contribution in [0.5, 0.6) is 23.0 Å². The van der Waals surface area contributed by atoms with Crippen molar-refractivity contribution in [2.75, 3.05) is 0 Å². The Morgan fingerprint density at radius 2 is 1.69 bits per heavy atom. The maximum atomic E-state index is 10.8. The molecule has 0 saturated carbocycles. The molecule has 1 aromatic carbocycles. The number of aromatic carboxylic acids is 1. The summed E-state index contributed by atoms with van der Waals surface area (Å²) >= 11 is 0. The summed E-state index contributed by atoms with van der Waals surface area (Å²) in [4.78, 5) is 10.8. The molecule has 0 heterocycles. The van der Waals surface area contributed by atoms with Crippen LogP contribution >= 0.6 is 0 Å². The summed E-state index contributed by atoms with van der Waals surface area (Å²) in [6.45, 7) is 0. The zero-order chi connectivity index (χ0) is 12.3. The highest BCUT2D eigenvalue weighted by atomic mass is 28.2. The first-order chi connectivity index (χ1) is 7.56. The summed E-state index contributed by atoms with van der Waals surface area (Å²) in [5, 5.41) is 18.4. The van der Waals surface area contributed by atoms with Gasteiger partial charge in [0.25, 0.3) is 0 Å². The van der Waals surface area contributed by atoms with E-state index in [1.807, 2.05) is 0 Å². The van der Waals surface area contributed by atoms with Crippen molar-refractivity contribution in [2.45, 2.75) is 0 Å². The Kier molecular flexibility index (Phi) is 3.98. The SMILES string of the molecule is O=C(O)c1cc(O[Si])c(O[Si])c(O[Si])c1O. The van der Waals surface area contributed by atoms with Crippen LogP contribution in [-0.2, 0) is 0 Å². The molecule has 0 aliphatic carbocycles. The first-order valence-electron chi connectivity index (χ1n) is 3.70. The lowest BCUT2D eigenvalue weighted by Gasteiger charge is -2.15. The van der Waals surface area contributed by atoms with Gasteiger partial charge in [0.15, 0.2) is 17.2 Å². The summed E-state index contributed by atoms with van der Waals surface area (Å²) < 4.78 is 14.0. The normalized spacial score (nSPS) is 9.69. The molecule has 6 nitrogen and oxygen atoms in total. The summed E-state index contributed by atoms with van der Waals surface area (Å²) in [6, 6.07) is 1.06. The van der Waals surface area contributed by atoms with E-state index in [0.717, 1.165) is 6.07 Å². The second kappa shape index (κ2) is 5.05. The Hall–Kier alpha value is -1.46. The van der Waals surface area contributed by atoms with Crippen molar-refractivity contribution in [3.05, 3.63) is 11.6 Å². The zero-order valence-electron chi connectivity index (χ0n) is 7.60. The number of carboxylic acids is 1. The lowest BCUT2D eigenvalue weighted by atomic mass is 10.1. The van der Waals surface area contributed by atoms with E-state index in [9.17, 15) is 9.90 Å². The quantitative estimate of drug-likeness (QED) is 0.714. The molecule has 1 rings (SSSR count). The Labute approximate surface area is 101 Å². The smallest absolute Gasteiger partial charge is 0.341 e. The second-order valence-corrected chi connectivity index (χ2v) is 3.15. The second-order valence-electron chi connectivity index (χ2n) is 2.54. The van der Waals surface area contributed by atoms with E-state index in [2.05, 4.69) is 35.9 Å². The van der Waals surface area contributed by atoms with Crippen LogP contribution in [0.1, 0.15) is 10.4 Å². The number of hydrogen-bond acceptors (Lipinski definition) is 5. The molecule has 2 N–H and O–H groups in total. The van der Waals surface area contributed by atoms with Crippen LogP contribution in [0.2, 0.25) is 0 Å². The molecule has 9 radical (unpaired) electrons. The molecule has 0 atom stereocenters. The molecule has 0 saturated heterocycles. The zero-order valence-corrected chi connectivity index (χ0v) is 10.6. The predicted molar refractivity (Wildman–Crippen MR) is 54.2 cm³/mol. The molecular weight excluding hydrogens is 264 g/mol. The van der Waals surface area contributed by atoms with Crippen LogP contribution in [0.15, 0.2) is 6.07 Å². The van der Waals surface area contributed by atoms with Gasteiger partial charge in [-0.2, -0.15) is 0 Å². The van der Waals surface area contributed by atoms with Gasteiger partial charge in [0, 0.05) is 6.07 Å². The third kappa shape index (κ3) is 2.05. The number of aromatic hydroxyl groups is 1. The van der Waals surface area contributed by atoms with Crippen molar-refractivity contribution in [1.82, 2.24) is 0 Å². The summed E-state index contributed by atoms with van der Waals surface area (Å²) in [6.07, 6.45) is 0. The fraction of sp³-hybridized carbons (Fsp3) is 0. The van der Waals surface area contributed by atoms with E-state index >= 15 is 0 Å². The number of rotatable bonds is 4. The number of carbonyl (C=O) groups is 1. The first-order valence-corrected chi connectivity index (χ1v) is 4.93. The number of hydrogen-bond donors (Lipinski definition) is 2. The van der Waals surface area contributed by atoms with Crippen LogP contribution in [0, 0.1) is 0 Å². The van der Waals surface area contributed by atoms with Gasteiger partial charge in [-0.25, -0.2) is 4.79 Å².